The van der Waals surface area contributed by atoms with Crippen molar-refractivity contribution in [1.82, 2.24) is 0 Å². The Hall–Kier alpha value is -3.16. The highest BCUT2D eigenvalue weighted by atomic mass is 32.2. The zero-order valence-corrected chi connectivity index (χ0v) is 26.5. The van der Waals surface area contributed by atoms with E-state index in [-0.39, 0.29) is 23.7 Å². The molecule has 2 fully saturated rings. The molecule has 0 aromatic heterocycles. The van der Waals surface area contributed by atoms with E-state index >= 15 is 0 Å². The van der Waals surface area contributed by atoms with Crippen LogP contribution in [0.2, 0.25) is 0 Å². The first-order valence-electron chi connectivity index (χ1n) is 15.9. The lowest BCUT2D eigenvalue weighted by Gasteiger charge is -2.27. The van der Waals surface area contributed by atoms with Crippen LogP contribution in [-0.2, 0) is 0 Å². The molecular weight excluding hydrogens is 581 g/mol. The number of rotatable bonds is 6. The van der Waals surface area contributed by atoms with Gasteiger partial charge in [-0.15, -0.1) is 0 Å². The van der Waals surface area contributed by atoms with E-state index in [2.05, 4.69) is 48.5 Å². The second-order valence-corrected chi connectivity index (χ2v) is 14.8. The summed E-state index contributed by atoms with van der Waals surface area (Å²) in [6, 6.07) is 29.2. The molecule has 224 valence electrons. The maximum atomic E-state index is 14.3. The van der Waals surface area contributed by atoms with Gasteiger partial charge in [-0.2, -0.15) is 0 Å². The third-order valence-corrected chi connectivity index (χ3v) is 11.7. The smallest absolute Gasteiger partial charge is 0.196 e. The first-order chi connectivity index (χ1) is 21.4. The van der Waals surface area contributed by atoms with E-state index in [9.17, 15) is 9.59 Å². The van der Waals surface area contributed by atoms with E-state index in [4.69, 9.17) is 11.5 Å². The minimum Gasteiger partial charge on any atom is -0.328 e. The normalized spacial score (nSPS) is 23.2. The number of hydrogen-bond acceptors (Lipinski definition) is 6. The van der Waals surface area contributed by atoms with Crippen molar-refractivity contribution in [2.24, 2.45) is 11.5 Å². The van der Waals surface area contributed by atoms with Crippen LogP contribution in [0.25, 0.3) is 0 Å². The van der Waals surface area contributed by atoms with E-state index in [1.54, 1.807) is 35.7 Å². The summed E-state index contributed by atoms with van der Waals surface area (Å²) >= 11 is 3.10. The lowest BCUT2D eigenvalue weighted by Crippen LogP contribution is -2.26. The average molecular weight is 619 g/mol. The molecule has 6 heteroatoms. The number of fused-ring (bicyclic) bond motifs is 2. The Labute approximate surface area is 268 Å². The highest BCUT2D eigenvalue weighted by molar-refractivity contribution is 7.99. The van der Waals surface area contributed by atoms with Crippen LogP contribution in [0.1, 0.15) is 106 Å². The summed E-state index contributed by atoms with van der Waals surface area (Å²) in [7, 11) is 0. The standard InChI is InChI=1S/C38H38N2O2S2/c39-27-7-1-5-25(21-27)23-13-17-29(18-14-23)43-33-11-3-9-31-35(33)38(42)36-32(37(31)41)10-4-12-34(36)44-30-19-15-24(16-20-30)26-6-2-8-28(40)22-26/h3-4,9-20,25-28H,1-2,5-8,21-22,39-40H2. The van der Waals surface area contributed by atoms with Crippen LogP contribution in [0, 0.1) is 0 Å². The summed E-state index contributed by atoms with van der Waals surface area (Å²) in [5, 5.41) is 0. The van der Waals surface area contributed by atoms with E-state index < -0.39 is 0 Å². The van der Waals surface area contributed by atoms with E-state index in [0.717, 1.165) is 45.3 Å². The maximum absolute atomic E-state index is 14.3. The van der Waals surface area contributed by atoms with Gasteiger partial charge in [0, 0.05) is 53.9 Å². The zero-order valence-electron chi connectivity index (χ0n) is 24.8. The molecule has 2 saturated carbocycles. The largest absolute Gasteiger partial charge is 0.328 e. The van der Waals surface area contributed by atoms with Crippen LogP contribution >= 0.6 is 23.5 Å². The quantitative estimate of drug-likeness (QED) is 0.198. The molecule has 4 unspecified atom stereocenters. The Morgan fingerprint density at radius 2 is 0.955 bits per heavy atom. The van der Waals surface area contributed by atoms with Crippen LogP contribution in [-0.4, -0.2) is 23.7 Å². The monoisotopic (exact) mass is 618 g/mol. The number of hydrogen-bond donors (Lipinski definition) is 2. The van der Waals surface area contributed by atoms with Gasteiger partial charge in [-0.25, -0.2) is 0 Å². The molecule has 4 aromatic carbocycles. The van der Waals surface area contributed by atoms with E-state index in [1.165, 1.54) is 36.8 Å². The van der Waals surface area contributed by atoms with Crippen molar-refractivity contribution in [3.05, 3.63) is 118 Å². The lowest BCUT2D eigenvalue weighted by atomic mass is 9.82. The first kappa shape index (κ1) is 29.5. The van der Waals surface area contributed by atoms with Gasteiger partial charge in [0.15, 0.2) is 11.6 Å². The van der Waals surface area contributed by atoms with Crippen molar-refractivity contribution in [2.75, 3.05) is 0 Å². The number of ketones is 2. The topological polar surface area (TPSA) is 86.2 Å². The fraction of sp³-hybridized carbons (Fsp3) is 0.316. The highest BCUT2D eigenvalue weighted by Crippen LogP contribution is 2.42. The molecule has 3 aliphatic rings. The van der Waals surface area contributed by atoms with Gasteiger partial charge in [0.1, 0.15) is 0 Å². The predicted molar refractivity (Wildman–Crippen MR) is 179 cm³/mol. The van der Waals surface area contributed by atoms with Crippen LogP contribution in [0.5, 0.6) is 0 Å². The molecule has 4 nitrogen and oxygen atoms in total. The molecule has 0 spiro atoms. The molecule has 0 saturated heterocycles. The number of benzene rings is 4. The second-order valence-electron chi connectivity index (χ2n) is 12.6. The van der Waals surface area contributed by atoms with E-state index in [1.807, 2.05) is 24.3 Å². The first-order valence-corrected chi connectivity index (χ1v) is 17.5. The fourth-order valence-corrected chi connectivity index (χ4v) is 9.23. The van der Waals surface area contributed by atoms with Crippen LogP contribution < -0.4 is 11.5 Å². The average Bonchev–Trinajstić information content (AvgIpc) is 3.04. The predicted octanol–water partition coefficient (Wildman–Crippen LogP) is 8.73. The molecule has 44 heavy (non-hydrogen) atoms. The summed E-state index contributed by atoms with van der Waals surface area (Å²) in [5.74, 6) is 0.847. The van der Waals surface area contributed by atoms with Crippen molar-refractivity contribution in [2.45, 2.75) is 94.9 Å². The summed E-state index contributed by atoms with van der Waals surface area (Å²) in [6.07, 6.45) is 9.02. The van der Waals surface area contributed by atoms with Crippen molar-refractivity contribution in [3.8, 4) is 0 Å². The van der Waals surface area contributed by atoms with Crippen LogP contribution in [0.15, 0.2) is 105 Å². The molecule has 7 rings (SSSR count). The molecule has 0 aliphatic heterocycles. The Kier molecular flexibility index (Phi) is 8.52. The van der Waals surface area contributed by atoms with Gasteiger partial charge >= 0.3 is 0 Å². The second kappa shape index (κ2) is 12.7. The van der Waals surface area contributed by atoms with Crippen molar-refractivity contribution in [3.63, 3.8) is 0 Å². The van der Waals surface area contributed by atoms with Crippen LogP contribution in [0.3, 0.4) is 0 Å². The van der Waals surface area contributed by atoms with Gasteiger partial charge in [0.25, 0.3) is 0 Å². The van der Waals surface area contributed by atoms with Gasteiger partial charge in [0.05, 0.1) is 0 Å². The Bertz CT molecular complexity index is 1580. The van der Waals surface area contributed by atoms with E-state index in [0.29, 0.717) is 34.1 Å². The fourth-order valence-electron chi connectivity index (χ4n) is 7.28. The Morgan fingerprint density at radius 1 is 0.523 bits per heavy atom. The number of carbonyl (C=O) groups is 2. The molecule has 0 bridgehead atoms. The molecule has 4 atom stereocenters. The third-order valence-electron chi connectivity index (χ3n) is 9.58. The minimum atomic E-state index is -0.0903. The van der Waals surface area contributed by atoms with Gasteiger partial charge < -0.3 is 11.5 Å². The van der Waals surface area contributed by atoms with Gasteiger partial charge in [0.2, 0.25) is 0 Å². The minimum absolute atomic E-state index is 0.0820. The van der Waals surface area contributed by atoms with Crippen LogP contribution in [0.4, 0.5) is 0 Å². The molecule has 0 amide bonds. The molecule has 0 radical (unpaired) electrons. The molecule has 4 N–H and O–H groups in total. The van der Waals surface area contributed by atoms with Crippen molar-refractivity contribution < 1.29 is 9.59 Å². The summed E-state index contributed by atoms with van der Waals surface area (Å²) in [4.78, 5) is 31.7. The molecule has 3 aliphatic carbocycles. The third kappa shape index (κ3) is 5.93. The molecule has 4 aromatic rings. The maximum Gasteiger partial charge on any atom is 0.196 e. The summed E-state index contributed by atoms with van der Waals surface area (Å²) in [6.45, 7) is 0. The van der Waals surface area contributed by atoms with Gasteiger partial charge in [-0.05, 0) is 97.9 Å². The molecule has 0 heterocycles. The Morgan fingerprint density at radius 3 is 1.36 bits per heavy atom. The van der Waals surface area contributed by atoms with Crippen molar-refractivity contribution >= 4 is 35.1 Å². The SMILES string of the molecule is NC1CCCC(c2ccc(Sc3cccc4c3C(=O)c3c(Sc5ccc(C6CCCC(N)C6)cc5)cccc3C4=O)cc2)C1. The van der Waals surface area contributed by atoms with Gasteiger partial charge in [-0.3, -0.25) is 9.59 Å². The Balaban J connectivity index is 1.14. The lowest BCUT2D eigenvalue weighted by molar-refractivity contribution is 0.0974. The van der Waals surface area contributed by atoms with Crippen molar-refractivity contribution in [1.29, 1.82) is 0 Å². The number of carbonyl (C=O) groups excluding carboxylic acids is 2. The summed E-state index contributed by atoms with van der Waals surface area (Å²) in [5.41, 5.74) is 17.1. The zero-order chi connectivity index (χ0) is 30.2. The van der Waals surface area contributed by atoms with Gasteiger partial charge in [-0.1, -0.05) is 84.9 Å². The molecular formula is C38H38N2O2S2. The summed E-state index contributed by atoms with van der Waals surface area (Å²) < 4.78 is 0. The highest BCUT2D eigenvalue weighted by Gasteiger charge is 2.34. The number of nitrogens with two attached hydrogens (primary N) is 2.